The van der Waals surface area contributed by atoms with Crippen molar-refractivity contribution in [3.8, 4) is 0 Å². The minimum Gasteiger partial charge on any atom is -0.362 e. The quantitative estimate of drug-likeness (QED) is 0.776. The molecule has 0 amide bonds. The van der Waals surface area contributed by atoms with E-state index in [2.05, 4.69) is 10.3 Å². The Hall–Kier alpha value is -2.35. The number of aliphatic imine (C=N–C) groups is 1. The van der Waals surface area contributed by atoms with E-state index in [0.717, 1.165) is 11.4 Å². The molecule has 0 aliphatic carbocycles. The lowest BCUT2D eigenvalue weighted by Crippen LogP contribution is -1.85. The molecule has 84 valence electrons. The molecule has 0 fully saturated rings. The van der Waals surface area contributed by atoms with E-state index in [1.165, 1.54) is 0 Å². The number of nitrogens with one attached hydrogen (secondary N) is 1. The predicted octanol–water partition coefficient (Wildman–Crippen LogP) is 4.01. The molecule has 0 heterocycles. The third kappa shape index (κ3) is 3.95. The molecule has 0 saturated carbocycles. The second kappa shape index (κ2) is 6.28. The van der Waals surface area contributed by atoms with Crippen LogP contribution in [0.15, 0.2) is 77.9 Å². The molecule has 0 radical (unpaired) electrons. The van der Waals surface area contributed by atoms with Crippen LogP contribution in [-0.4, -0.2) is 6.21 Å². The first-order valence-corrected chi connectivity index (χ1v) is 5.51. The summed E-state index contributed by atoms with van der Waals surface area (Å²) in [5, 5.41) is 3.16. The van der Waals surface area contributed by atoms with Gasteiger partial charge in [-0.15, -0.1) is 0 Å². The summed E-state index contributed by atoms with van der Waals surface area (Å²) in [4.78, 5) is 4.29. The Morgan fingerprint density at radius 3 is 2.18 bits per heavy atom. The summed E-state index contributed by atoms with van der Waals surface area (Å²) >= 11 is 0. The molecule has 0 aliphatic rings. The molecular weight excluding hydrogens is 208 g/mol. The van der Waals surface area contributed by atoms with Crippen LogP contribution in [0.5, 0.6) is 0 Å². The monoisotopic (exact) mass is 222 g/mol. The molecule has 0 aromatic heterocycles. The molecule has 2 aromatic rings. The largest absolute Gasteiger partial charge is 0.362 e. The Labute approximate surface area is 101 Å². The van der Waals surface area contributed by atoms with Gasteiger partial charge >= 0.3 is 0 Å². The first kappa shape index (κ1) is 11.1. The molecule has 2 nitrogen and oxygen atoms in total. The summed E-state index contributed by atoms with van der Waals surface area (Å²) in [6.45, 7) is 0. The fourth-order valence-corrected chi connectivity index (χ4v) is 1.36. The standard InChI is InChI=1S/C15H14N2/c1-3-8-14(9-4-1)16-12-7-13-17-15-10-5-2-6-11-15/h1-13,16H/b12-7+,17-13?. The maximum Gasteiger partial charge on any atom is 0.0629 e. The Morgan fingerprint density at radius 1 is 0.824 bits per heavy atom. The van der Waals surface area contributed by atoms with Crippen LogP contribution in [0.2, 0.25) is 0 Å². The van der Waals surface area contributed by atoms with E-state index in [1.54, 1.807) is 6.21 Å². The van der Waals surface area contributed by atoms with Crippen molar-refractivity contribution in [1.82, 2.24) is 0 Å². The number of rotatable bonds is 4. The second-order valence-corrected chi connectivity index (χ2v) is 3.48. The van der Waals surface area contributed by atoms with Gasteiger partial charge < -0.3 is 5.32 Å². The first-order valence-electron chi connectivity index (χ1n) is 5.51. The molecular formula is C15H14N2. The van der Waals surface area contributed by atoms with Gasteiger partial charge in [0.2, 0.25) is 0 Å². The summed E-state index contributed by atoms with van der Waals surface area (Å²) in [5.41, 5.74) is 2.02. The van der Waals surface area contributed by atoms with E-state index in [1.807, 2.05) is 72.9 Å². The van der Waals surface area contributed by atoms with Crippen molar-refractivity contribution in [2.75, 3.05) is 5.32 Å². The molecule has 0 spiro atoms. The molecule has 0 atom stereocenters. The molecule has 17 heavy (non-hydrogen) atoms. The van der Waals surface area contributed by atoms with E-state index in [4.69, 9.17) is 0 Å². The fourth-order valence-electron chi connectivity index (χ4n) is 1.36. The van der Waals surface area contributed by atoms with Crippen LogP contribution in [0.4, 0.5) is 11.4 Å². The number of hydrogen-bond acceptors (Lipinski definition) is 2. The lowest BCUT2D eigenvalue weighted by Gasteiger charge is -1.97. The highest BCUT2D eigenvalue weighted by molar-refractivity contribution is 5.74. The van der Waals surface area contributed by atoms with Crippen LogP contribution in [-0.2, 0) is 0 Å². The highest BCUT2D eigenvalue weighted by atomic mass is 14.8. The van der Waals surface area contributed by atoms with Crippen molar-refractivity contribution in [2.45, 2.75) is 0 Å². The van der Waals surface area contributed by atoms with Gasteiger partial charge in [-0.3, -0.25) is 4.99 Å². The lowest BCUT2D eigenvalue weighted by atomic mass is 10.3. The zero-order valence-electron chi connectivity index (χ0n) is 9.45. The van der Waals surface area contributed by atoms with Crippen LogP contribution in [0.25, 0.3) is 0 Å². The predicted molar refractivity (Wildman–Crippen MR) is 73.8 cm³/mol. The summed E-state index contributed by atoms with van der Waals surface area (Å²) in [5.74, 6) is 0. The van der Waals surface area contributed by atoms with Gasteiger partial charge in [-0.25, -0.2) is 0 Å². The van der Waals surface area contributed by atoms with Crippen molar-refractivity contribution in [3.63, 3.8) is 0 Å². The van der Waals surface area contributed by atoms with Crippen molar-refractivity contribution in [3.05, 3.63) is 72.9 Å². The average Bonchev–Trinajstić information content (AvgIpc) is 2.41. The minimum absolute atomic E-state index is 0.955. The number of hydrogen-bond donors (Lipinski definition) is 1. The normalized spacial score (nSPS) is 11.1. The van der Waals surface area contributed by atoms with Gasteiger partial charge in [-0.1, -0.05) is 36.4 Å². The van der Waals surface area contributed by atoms with Gasteiger partial charge in [0.15, 0.2) is 0 Å². The molecule has 2 heteroatoms. The maximum atomic E-state index is 4.29. The first-order chi connectivity index (χ1) is 8.45. The average molecular weight is 222 g/mol. The number of nitrogens with zero attached hydrogens (tertiary/aromatic N) is 1. The zero-order chi connectivity index (χ0) is 11.8. The summed E-state index contributed by atoms with van der Waals surface area (Å²) in [6.07, 6.45) is 5.51. The number of anilines is 1. The molecule has 0 saturated heterocycles. The lowest BCUT2D eigenvalue weighted by molar-refractivity contribution is 1.54. The van der Waals surface area contributed by atoms with Gasteiger partial charge in [0, 0.05) is 18.1 Å². The number of benzene rings is 2. The van der Waals surface area contributed by atoms with E-state index < -0.39 is 0 Å². The molecule has 1 N–H and O–H groups in total. The number of para-hydroxylation sites is 2. The summed E-state index contributed by atoms with van der Waals surface area (Å²) in [7, 11) is 0. The van der Waals surface area contributed by atoms with Gasteiger partial charge in [0.05, 0.1) is 5.69 Å². The van der Waals surface area contributed by atoms with Gasteiger partial charge in [-0.05, 0) is 30.3 Å². The van der Waals surface area contributed by atoms with Crippen LogP contribution < -0.4 is 5.32 Å². The van der Waals surface area contributed by atoms with Crippen molar-refractivity contribution >= 4 is 17.6 Å². The highest BCUT2D eigenvalue weighted by Gasteiger charge is 1.83. The van der Waals surface area contributed by atoms with E-state index in [0.29, 0.717) is 0 Å². The number of allylic oxidation sites excluding steroid dienone is 1. The maximum absolute atomic E-state index is 4.29. The zero-order valence-corrected chi connectivity index (χ0v) is 9.45. The fraction of sp³-hybridized carbons (Fsp3) is 0. The van der Waals surface area contributed by atoms with Gasteiger partial charge in [0.1, 0.15) is 0 Å². The SMILES string of the molecule is C(/C=C/Nc1ccccc1)=Nc1ccccc1. The van der Waals surface area contributed by atoms with Gasteiger partial charge in [-0.2, -0.15) is 0 Å². The Morgan fingerprint density at radius 2 is 1.47 bits per heavy atom. The van der Waals surface area contributed by atoms with Crippen molar-refractivity contribution in [2.24, 2.45) is 4.99 Å². The van der Waals surface area contributed by atoms with E-state index >= 15 is 0 Å². The topological polar surface area (TPSA) is 24.4 Å². The van der Waals surface area contributed by atoms with Crippen LogP contribution in [0, 0.1) is 0 Å². The highest BCUT2D eigenvalue weighted by Crippen LogP contribution is 2.08. The minimum atomic E-state index is 0.955. The van der Waals surface area contributed by atoms with Crippen LogP contribution in [0.3, 0.4) is 0 Å². The molecule has 0 aliphatic heterocycles. The van der Waals surface area contributed by atoms with Gasteiger partial charge in [0.25, 0.3) is 0 Å². The molecule has 2 aromatic carbocycles. The molecule has 0 unspecified atom stereocenters. The summed E-state index contributed by atoms with van der Waals surface area (Å²) < 4.78 is 0. The van der Waals surface area contributed by atoms with Crippen molar-refractivity contribution in [1.29, 1.82) is 0 Å². The van der Waals surface area contributed by atoms with Crippen LogP contribution >= 0.6 is 0 Å². The third-order valence-corrected chi connectivity index (χ3v) is 2.19. The summed E-state index contributed by atoms with van der Waals surface area (Å²) in [6, 6.07) is 19.9. The Balaban J connectivity index is 1.85. The second-order valence-electron chi connectivity index (χ2n) is 3.48. The smallest absolute Gasteiger partial charge is 0.0629 e. The third-order valence-electron chi connectivity index (χ3n) is 2.19. The van der Waals surface area contributed by atoms with Crippen molar-refractivity contribution < 1.29 is 0 Å². The van der Waals surface area contributed by atoms with Crippen LogP contribution in [0.1, 0.15) is 0 Å². The van der Waals surface area contributed by atoms with E-state index in [9.17, 15) is 0 Å². The Kier molecular flexibility index (Phi) is 4.12. The molecule has 0 bridgehead atoms. The van der Waals surface area contributed by atoms with E-state index in [-0.39, 0.29) is 0 Å². The Bertz CT molecular complexity index is 487. The molecule has 2 rings (SSSR count).